The van der Waals surface area contributed by atoms with Crippen molar-refractivity contribution in [3.05, 3.63) is 65.5 Å². The van der Waals surface area contributed by atoms with E-state index in [0.717, 1.165) is 25.4 Å². The van der Waals surface area contributed by atoms with Gasteiger partial charge >= 0.3 is 18.4 Å². The second-order valence-electron chi connectivity index (χ2n) is 14.8. The van der Waals surface area contributed by atoms with Gasteiger partial charge in [-0.05, 0) is 73.7 Å². The minimum atomic E-state index is -4.83. The maximum atomic E-state index is 14.0. The average molecular weight is 947 g/mol. The highest BCUT2D eigenvalue weighted by molar-refractivity contribution is 7.92. The summed E-state index contributed by atoms with van der Waals surface area (Å²) < 4.78 is 107. The van der Waals surface area contributed by atoms with Crippen LogP contribution in [0.2, 0.25) is 0 Å². The standard InChI is InChI=1S/C39H46F3N13O8S2/c1-8-9-10-11-12-32(39(40,41)42)63-38(57)47-36-34(30-20-18-28(24(3)45-30)51-65(7,60)61)49-55(54(36)5)26-15-13-25(14-16-26)31(21-22-43)62-37(56)46-35-33(48-52-53(35)4)29-19-17-27(23(2)44-29)50-64(6,58)59/h13-20,31-32H,8-12,21H2,1-7H3,(H3,44,45,46,47,48,49,50,51,52,56,57)/p+1/t31-,32+/m1/s1. The molecule has 4 N–H and O–H groups in total. The van der Waals surface area contributed by atoms with E-state index in [1.165, 1.54) is 59.4 Å². The van der Waals surface area contributed by atoms with Gasteiger partial charge in [-0.1, -0.05) is 48.3 Å². The van der Waals surface area contributed by atoms with Gasteiger partial charge in [-0.15, -0.1) is 5.10 Å². The van der Waals surface area contributed by atoms with Crippen LogP contribution in [0.15, 0.2) is 48.5 Å². The summed E-state index contributed by atoms with van der Waals surface area (Å²) in [7, 11) is -4.29. The van der Waals surface area contributed by atoms with Crippen molar-refractivity contribution in [3.8, 4) is 34.5 Å². The van der Waals surface area contributed by atoms with Gasteiger partial charge in [0.1, 0.15) is 17.5 Å². The molecule has 0 saturated carbocycles. The molecule has 2 amide bonds. The van der Waals surface area contributed by atoms with Gasteiger partial charge in [-0.2, -0.15) is 23.1 Å². The highest BCUT2D eigenvalue weighted by Gasteiger charge is 2.43. The molecule has 0 fully saturated rings. The Bertz CT molecular complexity index is 2810. The molecule has 348 valence electrons. The second-order valence-corrected chi connectivity index (χ2v) is 18.3. The number of hydrogen-bond acceptors (Lipinski definition) is 14. The van der Waals surface area contributed by atoms with Crippen LogP contribution in [-0.2, 0) is 43.6 Å². The van der Waals surface area contributed by atoms with E-state index in [9.17, 15) is 44.9 Å². The number of sulfonamides is 2. The highest BCUT2D eigenvalue weighted by atomic mass is 32.2. The molecule has 0 saturated heterocycles. The van der Waals surface area contributed by atoms with Crippen LogP contribution in [-0.4, -0.2) is 88.7 Å². The summed E-state index contributed by atoms with van der Waals surface area (Å²) in [4.78, 5) is 36.6. The molecule has 0 aliphatic rings. The quantitative estimate of drug-likeness (QED) is 0.0583. The van der Waals surface area contributed by atoms with Crippen LogP contribution in [0.3, 0.4) is 0 Å². The Morgan fingerprint density at radius 2 is 1.42 bits per heavy atom. The third-order valence-electron chi connectivity index (χ3n) is 9.50. The normalized spacial score (nSPS) is 12.8. The van der Waals surface area contributed by atoms with E-state index in [4.69, 9.17) is 9.47 Å². The van der Waals surface area contributed by atoms with Crippen LogP contribution >= 0.6 is 0 Å². The Morgan fingerprint density at radius 3 is 1.94 bits per heavy atom. The lowest BCUT2D eigenvalue weighted by Gasteiger charge is -2.19. The van der Waals surface area contributed by atoms with Crippen molar-refractivity contribution >= 4 is 55.2 Å². The van der Waals surface area contributed by atoms with Crippen LogP contribution in [0.25, 0.3) is 28.5 Å². The number of alkyl halides is 3. The topological polar surface area (TPSA) is 271 Å². The maximum Gasteiger partial charge on any atom is 0.474 e. The summed E-state index contributed by atoms with van der Waals surface area (Å²) in [5, 5.41) is 27.3. The minimum Gasteiger partial charge on any atom is -0.440 e. The molecule has 65 heavy (non-hydrogen) atoms. The van der Waals surface area contributed by atoms with Gasteiger partial charge in [0, 0.05) is 7.05 Å². The molecule has 0 unspecified atom stereocenters. The number of aromatic nitrogens is 8. The van der Waals surface area contributed by atoms with Gasteiger partial charge in [0.15, 0.2) is 11.5 Å². The number of anilines is 4. The lowest BCUT2D eigenvalue weighted by atomic mass is 10.1. The molecule has 2 atom stereocenters. The summed E-state index contributed by atoms with van der Waals surface area (Å²) in [5.74, 6) is -0.0427. The fourth-order valence-electron chi connectivity index (χ4n) is 6.36. The van der Waals surface area contributed by atoms with E-state index in [1.54, 1.807) is 31.2 Å². The number of unbranched alkanes of at least 4 members (excludes halogenated alkanes) is 3. The van der Waals surface area contributed by atoms with Gasteiger partial charge < -0.3 is 9.47 Å². The third-order valence-corrected chi connectivity index (χ3v) is 10.7. The average Bonchev–Trinajstić information content (AvgIpc) is 3.73. The number of ether oxygens (including phenoxy) is 2. The zero-order valence-corrected chi connectivity index (χ0v) is 37.9. The van der Waals surface area contributed by atoms with E-state index in [0.29, 0.717) is 23.4 Å². The number of nitriles is 1. The molecule has 0 aliphatic heterocycles. The highest BCUT2D eigenvalue weighted by Crippen LogP contribution is 2.31. The number of nitrogens with one attached hydrogen (secondary N) is 4. The summed E-state index contributed by atoms with van der Waals surface area (Å²) in [5.41, 5.74) is 2.15. The predicted molar refractivity (Wildman–Crippen MR) is 230 cm³/mol. The molecule has 0 aliphatic carbocycles. The van der Waals surface area contributed by atoms with Crippen molar-refractivity contribution in [3.63, 3.8) is 0 Å². The van der Waals surface area contributed by atoms with Crippen LogP contribution in [0.4, 0.5) is 45.8 Å². The summed E-state index contributed by atoms with van der Waals surface area (Å²) in [6, 6.07) is 14.0. The molecule has 26 heteroatoms. The molecule has 5 rings (SSSR count). The first-order chi connectivity index (χ1) is 30.5. The van der Waals surface area contributed by atoms with E-state index >= 15 is 0 Å². The number of amides is 2. The lowest BCUT2D eigenvalue weighted by Crippen LogP contribution is -2.43. The minimum absolute atomic E-state index is 0.0210. The van der Waals surface area contributed by atoms with Gasteiger partial charge in [0.05, 0.1) is 60.5 Å². The number of rotatable bonds is 18. The number of nitrogens with zero attached hydrogens (tertiary/aromatic N) is 9. The smallest absolute Gasteiger partial charge is 0.440 e. The first-order valence-electron chi connectivity index (χ1n) is 19.8. The van der Waals surface area contributed by atoms with Gasteiger partial charge in [0.2, 0.25) is 26.2 Å². The summed E-state index contributed by atoms with van der Waals surface area (Å²) in [6.07, 6.45) is -7.22. The molecule has 5 aromatic rings. The largest absolute Gasteiger partial charge is 0.474 e. The van der Waals surface area contributed by atoms with Crippen LogP contribution in [0, 0.1) is 25.2 Å². The van der Waals surface area contributed by atoms with Crippen molar-refractivity contribution in [2.45, 2.75) is 77.7 Å². The number of pyridine rings is 2. The van der Waals surface area contributed by atoms with Crippen molar-refractivity contribution in [1.29, 1.82) is 5.26 Å². The van der Waals surface area contributed by atoms with Gasteiger partial charge in [-0.25, -0.2) is 46.4 Å². The number of aryl methyl sites for hydroxylation is 3. The maximum absolute atomic E-state index is 14.0. The van der Waals surface area contributed by atoms with Crippen LogP contribution in [0.1, 0.15) is 68.5 Å². The number of hydrogen-bond donors (Lipinski definition) is 4. The molecular formula is C39H47F3N13O8S2+. The molecule has 0 spiro atoms. The number of halogens is 3. The number of benzene rings is 1. The van der Waals surface area contributed by atoms with E-state index in [1.807, 2.05) is 13.0 Å². The Kier molecular flexibility index (Phi) is 15.4. The number of carbonyl (C=O) groups excluding carboxylic acids is 2. The van der Waals surface area contributed by atoms with Crippen LogP contribution in [0.5, 0.6) is 0 Å². The van der Waals surface area contributed by atoms with E-state index in [-0.39, 0.29) is 64.3 Å². The third kappa shape index (κ3) is 13.1. The van der Waals surface area contributed by atoms with Gasteiger partial charge in [-0.3, -0.25) is 14.8 Å². The molecule has 0 radical (unpaired) electrons. The molecule has 21 nitrogen and oxygen atoms in total. The lowest BCUT2D eigenvalue weighted by molar-refractivity contribution is -0.735. The van der Waals surface area contributed by atoms with Gasteiger partial charge in [0.25, 0.3) is 11.5 Å². The molecular weight excluding hydrogens is 900 g/mol. The SMILES string of the molecule is CCCCCC[C@H](OC(=O)Nc1c(-c2ccc(NS(C)(=O)=O)c(C)n2)nn(-c2ccc([C@@H](CC#N)OC(=O)Nc3c(-c4ccc(NS(C)(=O)=O)c(C)n4)nnn3C)cc2)[n+]1C)C(F)(F)F. The monoisotopic (exact) mass is 946 g/mol. The Morgan fingerprint density at radius 1 is 0.846 bits per heavy atom. The zero-order chi connectivity index (χ0) is 47.9. The predicted octanol–water partition coefficient (Wildman–Crippen LogP) is 5.96. The Labute approximate surface area is 372 Å². The summed E-state index contributed by atoms with van der Waals surface area (Å²) >= 11 is 0. The fourth-order valence-corrected chi connectivity index (χ4v) is 7.59. The van der Waals surface area contributed by atoms with Crippen molar-refractivity contribution in [2.24, 2.45) is 14.1 Å². The Balaban J connectivity index is 1.42. The number of carbonyl (C=O) groups is 2. The van der Waals surface area contributed by atoms with Crippen molar-refractivity contribution in [1.82, 2.24) is 34.9 Å². The fraction of sp³-hybridized carbons (Fsp3) is 0.410. The van der Waals surface area contributed by atoms with Crippen molar-refractivity contribution in [2.75, 3.05) is 32.6 Å². The molecule has 0 bridgehead atoms. The summed E-state index contributed by atoms with van der Waals surface area (Å²) in [6.45, 7) is 5.02. The second kappa shape index (κ2) is 20.3. The molecule has 4 heterocycles. The Hall–Kier alpha value is -6.88. The van der Waals surface area contributed by atoms with E-state index in [2.05, 4.69) is 45.5 Å². The first-order valence-corrected chi connectivity index (χ1v) is 23.6. The van der Waals surface area contributed by atoms with Crippen molar-refractivity contribution < 1.29 is 53.8 Å². The molecule has 1 aromatic carbocycles. The van der Waals surface area contributed by atoms with E-state index < -0.39 is 57.0 Å². The van der Waals surface area contributed by atoms with Crippen LogP contribution < -0.4 is 24.8 Å². The first kappa shape index (κ1) is 49.1. The molecule has 4 aromatic heterocycles. The zero-order valence-electron chi connectivity index (χ0n) is 36.3.